The lowest BCUT2D eigenvalue weighted by molar-refractivity contribution is 0.0599. The lowest BCUT2D eigenvalue weighted by Crippen LogP contribution is -2.03. The van der Waals surface area contributed by atoms with Crippen molar-refractivity contribution in [2.45, 2.75) is 6.92 Å². The summed E-state index contributed by atoms with van der Waals surface area (Å²) in [5.74, 6) is -1.54. The molecule has 154 valence electrons. The van der Waals surface area contributed by atoms with Gasteiger partial charge in [0.2, 0.25) is 0 Å². The number of carboxylic acids is 1. The van der Waals surface area contributed by atoms with Crippen LogP contribution in [0, 0.1) is 6.92 Å². The largest absolute Gasteiger partial charge is 0.478 e. The summed E-state index contributed by atoms with van der Waals surface area (Å²) in [7, 11) is 1.31. The maximum Gasteiger partial charge on any atom is 0.340 e. The summed E-state index contributed by atoms with van der Waals surface area (Å²) in [5, 5.41) is 14.8. The average Bonchev–Trinajstić information content (AvgIpc) is 3.20. The highest BCUT2D eigenvalue weighted by Crippen LogP contribution is 2.34. The molecule has 0 saturated carbocycles. The Hall–Kier alpha value is -4.19. The number of ether oxygens (including phenoxy) is 1. The number of hydrogen-bond acceptors (Lipinski definition) is 4. The van der Waals surface area contributed by atoms with Crippen molar-refractivity contribution in [2.24, 2.45) is 0 Å². The summed E-state index contributed by atoms with van der Waals surface area (Å²) in [6, 6.07) is 23.6. The van der Waals surface area contributed by atoms with Crippen molar-refractivity contribution in [3.05, 3.63) is 95.6 Å². The van der Waals surface area contributed by atoms with Gasteiger partial charge in [0, 0.05) is 11.1 Å². The maximum absolute atomic E-state index is 12.4. The average molecular weight is 412 g/mol. The lowest BCUT2D eigenvalue weighted by atomic mass is 10.0. The summed E-state index contributed by atoms with van der Waals surface area (Å²) in [4.78, 5) is 24.2. The van der Waals surface area contributed by atoms with Gasteiger partial charge in [-0.15, -0.1) is 0 Å². The van der Waals surface area contributed by atoms with Gasteiger partial charge < -0.3 is 9.84 Å². The zero-order valence-corrected chi connectivity index (χ0v) is 17.1. The molecule has 3 aromatic carbocycles. The van der Waals surface area contributed by atoms with Crippen LogP contribution in [0.5, 0.6) is 0 Å². The number of aromatic nitrogens is 2. The molecule has 6 nitrogen and oxygen atoms in total. The van der Waals surface area contributed by atoms with Crippen molar-refractivity contribution in [3.8, 4) is 28.2 Å². The number of aryl methyl sites for hydroxylation is 1. The van der Waals surface area contributed by atoms with Gasteiger partial charge in [0.25, 0.3) is 0 Å². The Bertz CT molecular complexity index is 1260. The standard InChI is InChI=1S/C25H20N2O4/c1-16-7-6-10-20(15-16)27-23(18-8-4-3-5-9-18)21(24(28)29)22(26-27)17-11-13-19(14-12-17)25(30)31-2/h3-15H,1-2H3,(H,28,29). The Morgan fingerprint density at radius 1 is 0.903 bits per heavy atom. The lowest BCUT2D eigenvalue weighted by Gasteiger charge is -2.09. The monoisotopic (exact) mass is 412 g/mol. The number of carbonyl (C=O) groups excluding carboxylic acids is 1. The zero-order chi connectivity index (χ0) is 22.0. The Morgan fingerprint density at radius 3 is 2.23 bits per heavy atom. The number of esters is 1. The molecule has 0 amide bonds. The predicted molar refractivity (Wildman–Crippen MR) is 117 cm³/mol. The topological polar surface area (TPSA) is 81.4 Å². The van der Waals surface area contributed by atoms with E-state index in [0.717, 1.165) is 16.8 Å². The molecule has 0 aliphatic rings. The van der Waals surface area contributed by atoms with E-state index < -0.39 is 11.9 Å². The summed E-state index contributed by atoms with van der Waals surface area (Å²) in [6.45, 7) is 1.97. The minimum absolute atomic E-state index is 0.0959. The molecule has 4 rings (SSSR count). The van der Waals surface area contributed by atoms with Crippen LogP contribution in [0.15, 0.2) is 78.9 Å². The molecule has 6 heteroatoms. The normalized spacial score (nSPS) is 10.6. The smallest absolute Gasteiger partial charge is 0.340 e. The van der Waals surface area contributed by atoms with Gasteiger partial charge in [0.15, 0.2) is 0 Å². The Kier molecular flexibility index (Phi) is 5.37. The van der Waals surface area contributed by atoms with E-state index >= 15 is 0 Å². The van der Waals surface area contributed by atoms with E-state index in [1.165, 1.54) is 7.11 Å². The molecule has 0 aliphatic carbocycles. The zero-order valence-electron chi connectivity index (χ0n) is 17.1. The fraction of sp³-hybridized carbons (Fsp3) is 0.0800. The number of carboxylic acid groups (broad SMARTS) is 1. The highest BCUT2D eigenvalue weighted by atomic mass is 16.5. The molecule has 0 radical (unpaired) electrons. The van der Waals surface area contributed by atoms with Crippen molar-refractivity contribution in [2.75, 3.05) is 7.11 Å². The van der Waals surface area contributed by atoms with Crippen LogP contribution in [0.4, 0.5) is 0 Å². The van der Waals surface area contributed by atoms with Gasteiger partial charge in [-0.1, -0.05) is 54.6 Å². The number of benzene rings is 3. The molecule has 0 fully saturated rings. The van der Waals surface area contributed by atoms with E-state index in [0.29, 0.717) is 22.5 Å². The Morgan fingerprint density at radius 2 is 1.61 bits per heavy atom. The Labute approximate surface area is 179 Å². The minimum Gasteiger partial charge on any atom is -0.478 e. The van der Waals surface area contributed by atoms with E-state index in [2.05, 4.69) is 0 Å². The fourth-order valence-corrected chi connectivity index (χ4v) is 3.51. The molecule has 0 spiro atoms. The third-order valence-electron chi connectivity index (χ3n) is 4.97. The first kappa shape index (κ1) is 20.1. The second-order valence-corrected chi connectivity index (χ2v) is 7.06. The molecular weight excluding hydrogens is 392 g/mol. The number of aromatic carboxylic acids is 1. The van der Waals surface area contributed by atoms with Gasteiger partial charge in [-0.25, -0.2) is 14.3 Å². The van der Waals surface area contributed by atoms with Crippen molar-refractivity contribution in [1.82, 2.24) is 9.78 Å². The molecule has 0 saturated heterocycles. The summed E-state index contributed by atoms with van der Waals surface area (Å²) in [5.41, 5.74) is 4.42. The summed E-state index contributed by atoms with van der Waals surface area (Å²) < 4.78 is 6.40. The molecule has 1 N–H and O–H groups in total. The van der Waals surface area contributed by atoms with E-state index in [-0.39, 0.29) is 5.56 Å². The third-order valence-corrected chi connectivity index (χ3v) is 4.97. The van der Waals surface area contributed by atoms with Crippen LogP contribution in [-0.2, 0) is 4.74 Å². The van der Waals surface area contributed by atoms with Crippen molar-refractivity contribution in [3.63, 3.8) is 0 Å². The second-order valence-electron chi connectivity index (χ2n) is 7.06. The van der Waals surface area contributed by atoms with Crippen LogP contribution >= 0.6 is 0 Å². The minimum atomic E-state index is -1.08. The molecule has 31 heavy (non-hydrogen) atoms. The van der Waals surface area contributed by atoms with Crippen LogP contribution in [-0.4, -0.2) is 33.9 Å². The van der Waals surface area contributed by atoms with Gasteiger partial charge in [-0.2, -0.15) is 5.10 Å². The highest BCUT2D eigenvalue weighted by molar-refractivity contribution is 6.02. The molecule has 0 unspecified atom stereocenters. The molecule has 0 bridgehead atoms. The van der Waals surface area contributed by atoms with Crippen LogP contribution in [0.2, 0.25) is 0 Å². The molecule has 0 atom stereocenters. The molecule has 4 aromatic rings. The van der Waals surface area contributed by atoms with Gasteiger partial charge >= 0.3 is 11.9 Å². The third kappa shape index (κ3) is 3.83. The first-order valence-corrected chi connectivity index (χ1v) is 9.67. The number of carbonyl (C=O) groups is 2. The first-order valence-electron chi connectivity index (χ1n) is 9.67. The number of hydrogen-bond donors (Lipinski definition) is 1. The van der Waals surface area contributed by atoms with E-state index in [1.54, 1.807) is 28.9 Å². The number of rotatable bonds is 5. The van der Waals surface area contributed by atoms with Crippen molar-refractivity contribution < 1.29 is 19.4 Å². The molecule has 0 aliphatic heterocycles. The Balaban J connectivity index is 1.98. The maximum atomic E-state index is 12.4. The number of methoxy groups -OCH3 is 1. The van der Waals surface area contributed by atoms with E-state index in [1.807, 2.05) is 61.5 Å². The van der Waals surface area contributed by atoms with Crippen molar-refractivity contribution >= 4 is 11.9 Å². The van der Waals surface area contributed by atoms with E-state index in [9.17, 15) is 14.7 Å². The first-order chi connectivity index (χ1) is 15.0. The van der Waals surface area contributed by atoms with Gasteiger partial charge in [0.1, 0.15) is 11.3 Å². The van der Waals surface area contributed by atoms with E-state index in [4.69, 9.17) is 9.84 Å². The SMILES string of the molecule is COC(=O)c1ccc(-c2nn(-c3cccc(C)c3)c(-c3ccccc3)c2C(=O)O)cc1. The molecule has 1 heterocycles. The van der Waals surface area contributed by atoms with Crippen molar-refractivity contribution in [1.29, 1.82) is 0 Å². The summed E-state index contributed by atoms with van der Waals surface area (Å²) >= 11 is 0. The second kappa shape index (κ2) is 8.28. The predicted octanol–water partition coefficient (Wildman–Crippen LogP) is 5.00. The highest BCUT2D eigenvalue weighted by Gasteiger charge is 2.26. The van der Waals surface area contributed by atoms with Gasteiger partial charge in [0.05, 0.1) is 24.1 Å². The molecular formula is C25H20N2O4. The molecule has 1 aromatic heterocycles. The van der Waals surface area contributed by atoms with Gasteiger partial charge in [-0.3, -0.25) is 0 Å². The summed E-state index contributed by atoms with van der Waals surface area (Å²) in [6.07, 6.45) is 0. The van der Waals surface area contributed by atoms with Crippen LogP contribution in [0.25, 0.3) is 28.2 Å². The quantitative estimate of drug-likeness (QED) is 0.467. The van der Waals surface area contributed by atoms with Crippen LogP contribution < -0.4 is 0 Å². The fourth-order valence-electron chi connectivity index (χ4n) is 3.51. The van der Waals surface area contributed by atoms with Gasteiger partial charge in [-0.05, 0) is 36.8 Å². The number of nitrogens with zero attached hydrogens (tertiary/aromatic N) is 2. The van der Waals surface area contributed by atoms with Crippen LogP contribution in [0.1, 0.15) is 26.3 Å². The van der Waals surface area contributed by atoms with Crippen LogP contribution in [0.3, 0.4) is 0 Å².